The van der Waals surface area contributed by atoms with Crippen LogP contribution in [0.3, 0.4) is 0 Å². The van der Waals surface area contributed by atoms with Crippen molar-refractivity contribution in [1.82, 2.24) is 10.6 Å². The topological polar surface area (TPSA) is 114 Å². The van der Waals surface area contributed by atoms with Crippen LogP contribution in [0.5, 0.6) is 0 Å². The summed E-state index contributed by atoms with van der Waals surface area (Å²) in [6, 6.07) is 15.2. The van der Waals surface area contributed by atoms with E-state index in [2.05, 4.69) is 22.8 Å². The molecule has 8 nitrogen and oxygen atoms in total. The van der Waals surface area contributed by atoms with Gasteiger partial charge in [0.25, 0.3) is 0 Å². The highest BCUT2D eigenvalue weighted by Gasteiger charge is 2.29. The first-order valence-electron chi connectivity index (χ1n) is 11.0. The van der Waals surface area contributed by atoms with Crippen molar-refractivity contribution in [2.75, 3.05) is 20.3 Å². The zero-order chi connectivity index (χ0) is 24.0. The first-order valence-corrected chi connectivity index (χ1v) is 11.0. The smallest absolute Gasteiger partial charge is 0.407 e. The molecule has 0 spiro atoms. The summed E-state index contributed by atoms with van der Waals surface area (Å²) in [5, 5.41) is 14.3. The SMILES string of the molecule is COC(CNC(=O)OCC1c2ccccc2-c2ccccc21)CC(=O)NC(C(=O)O)C(C)C. The van der Waals surface area contributed by atoms with Crippen molar-refractivity contribution >= 4 is 18.0 Å². The molecule has 0 aliphatic heterocycles. The summed E-state index contributed by atoms with van der Waals surface area (Å²) in [7, 11) is 1.43. The van der Waals surface area contributed by atoms with Crippen LogP contribution >= 0.6 is 0 Å². The minimum Gasteiger partial charge on any atom is -0.480 e. The molecule has 3 N–H and O–H groups in total. The zero-order valence-electron chi connectivity index (χ0n) is 19.0. The van der Waals surface area contributed by atoms with Crippen molar-refractivity contribution in [3.8, 4) is 11.1 Å². The highest BCUT2D eigenvalue weighted by atomic mass is 16.5. The number of ether oxygens (including phenoxy) is 2. The lowest BCUT2D eigenvalue weighted by molar-refractivity contribution is -0.143. The summed E-state index contributed by atoms with van der Waals surface area (Å²) >= 11 is 0. The summed E-state index contributed by atoms with van der Waals surface area (Å²) in [6.07, 6.45) is -1.31. The largest absolute Gasteiger partial charge is 0.480 e. The van der Waals surface area contributed by atoms with Crippen LogP contribution in [-0.2, 0) is 19.1 Å². The monoisotopic (exact) mass is 454 g/mol. The van der Waals surface area contributed by atoms with E-state index in [1.807, 2.05) is 36.4 Å². The number of fused-ring (bicyclic) bond motifs is 3. The van der Waals surface area contributed by atoms with E-state index in [0.29, 0.717) is 0 Å². The summed E-state index contributed by atoms with van der Waals surface area (Å²) in [5.74, 6) is -1.86. The van der Waals surface area contributed by atoms with Gasteiger partial charge in [-0.2, -0.15) is 0 Å². The fourth-order valence-corrected chi connectivity index (χ4v) is 4.04. The maximum Gasteiger partial charge on any atom is 0.407 e. The number of hydrogen-bond donors (Lipinski definition) is 3. The lowest BCUT2D eigenvalue weighted by atomic mass is 9.98. The quantitative estimate of drug-likeness (QED) is 0.508. The van der Waals surface area contributed by atoms with Crippen molar-refractivity contribution in [3.63, 3.8) is 0 Å². The van der Waals surface area contributed by atoms with E-state index in [1.54, 1.807) is 13.8 Å². The van der Waals surface area contributed by atoms with Gasteiger partial charge in [0.05, 0.1) is 12.5 Å². The van der Waals surface area contributed by atoms with Crippen LogP contribution in [-0.4, -0.2) is 55.5 Å². The second-order valence-electron chi connectivity index (χ2n) is 8.40. The Kier molecular flexibility index (Phi) is 8.06. The van der Waals surface area contributed by atoms with Crippen molar-refractivity contribution in [2.24, 2.45) is 5.92 Å². The summed E-state index contributed by atoms with van der Waals surface area (Å²) < 4.78 is 10.7. The normalized spacial score (nSPS) is 14.2. The maximum absolute atomic E-state index is 12.3. The molecule has 1 aliphatic carbocycles. The lowest BCUT2D eigenvalue weighted by Crippen LogP contribution is -2.46. The van der Waals surface area contributed by atoms with Crippen LogP contribution < -0.4 is 10.6 Å². The average Bonchev–Trinajstić information content (AvgIpc) is 3.12. The van der Waals surface area contributed by atoms with Crippen LogP contribution in [0.2, 0.25) is 0 Å². The summed E-state index contributed by atoms with van der Waals surface area (Å²) in [4.78, 5) is 35.8. The Balaban J connectivity index is 1.51. The molecule has 2 unspecified atom stereocenters. The number of carboxylic acids is 1. The van der Waals surface area contributed by atoms with Gasteiger partial charge in [0.15, 0.2) is 0 Å². The number of aliphatic carboxylic acids is 1. The molecule has 0 saturated carbocycles. The van der Waals surface area contributed by atoms with Gasteiger partial charge < -0.3 is 25.2 Å². The molecular formula is C25H30N2O6. The molecular weight excluding hydrogens is 424 g/mol. The van der Waals surface area contributed by atoms with E-state index in [0.717, 1.165) is 22.3 Å². The van der Waals surface area contributed by atoms with Gasteiger partial charge in [0.1, 0.15) is 12.6 Å². The van der Waals surface area contributed by atoms with E-state index >= 15 is 0 Å². The van der Waals surface area contributed by atoms with Gasteiger partial charge >= 0.3 is 12.1 Å². The number of nitrogens with one attached hydrogen (secondary N) is 2. The number of hydrogen-bond acceptors (Lipinski definition) is 5. The molecule has 2 atom stereocenters. The van der Waals surface area contributed by atoms with Crippen molar-refractivity contribution in [1.29, 1.82) is 0 Å². The Morgan fingerprint density at radius 3 is 2.09 bits per heavy atom. The second-order valence-corrected chi connectivity index (χ2v) is 8.40. The number of rotatable bonds is 10. The third kappa shape index (κ3) is 5.90. The molecule has 0 bridgehead atoms. The number of carbonyl (C=O) groups is 3. The number of amides is 2. The number of methoxy groups -OCH3 is 1. The first-order chi connectivity index (χ1) is 15.8. The Morgan fingerprint density at radius 1 is 1.00 bits per heavy atom. The Hall–Kier alpha value is -3.39. The Bertz CT molecular complexity index is 960. The minimum absolute atomic E-state index is 0.0452. The second kappa shape index (κ2) is 11.0. The predicted molar refractivity (Wildman–Crippen MR) is 123 cm³/mol. The van der Waals surface area contributed by atoms with E-state index < -0.39 is 30.1 Å². The average molecular weight is 455 g/mol. The maximum atomic E-state index is 12.3. The fraction of sp³-hybridized carbons (Fsp3) is 0.400. The molecule has 3 rings (SSSR count). The summed E-state index contributed by atoms with van der Waals surface area (Å²) in [5.41, 5.74) is 4.54. The van der Waals surface area contributed by atoms with Gasteiger partial charge in [-0.05, 0) is 28.2 Å². The molecule has 0 fully saturated rings. The van der Waals surface area contributed by atoms with Crippen LogP contribution in [0, 0.1) is 5.92 Å². The molecule has 0 radical (unpaired) electrons. The van der Waals surface area contributed by atoms with Crippen molar-refractivity contribution < 1.29 is 29.0 Å². The molecule has 0 heterocycles. The van der Waals surface area contributed by atoms with Crippen LogP contribution in [0.25, 0.3) is 11.1 Å². The number of alkyl carbamates (subject to hydrolysis) is 1. The van der Waals surface area contributed by atoms with E-state index in [9.17, 15) is 19.5 Å². The van der Waals surface area contributed by atoms with E-state index in [1.165, 1.54) is 7.11 Å². The van der Waals surface area contributed by atoms with Gasteiger partial charge in [-0.1, -0.05) is 62.4 Å². The van der Waals surface area contributed by atoms with Gasteiger partial charge in [-0.3, -0.25) is 4.79 Å². The standard InChI is InChI=1S/C25H30N2O6/c1-15(2)23(24(29)30)27-22(28)12-16(32-3)13-26-25(31)33-14-21-19-10-6-4-8-17(19)18-9-5-7-11-20(18)21/h4-11,15-16,21,23H,12-14H2,1-3H3,(H,26,31)(H,27,28)(H,29,30). The molecule has 1 aliphatic rings. The van der Waals surface area contributed by atoms with E-state index in [-0.39, 0.29) is 31.4 Å². The molecule has 2 aromatic rings. The number of benzene rings is 2. The third-order valence-electron chi connectivity index (χ3n) is 5.81. The third-order valence-corrected chi connectivity index (χ3v) is 5.81. The molecule has 8 heteroatoms. The van der Waals surface area contributed by atoms with Gasteiger partial charge in [-0.25, -0.2) is 9.59 Å². The highest BCUT2D eigenvalue weighted by Crippen LogP contribution is 2.44. The number of carbonyl (C=O) groups excluding carboxylic acids is 2. The summed E-state index contributed by atoms with van der Waals surface area (Å²) in [6.45, 7) is 3.67. The zero-order valence-corrected chi connectivity index (χ0v) is 19.0. The van der Waals surface area contributed by atoms with Crippen LogP contribution in [0.1, 0.15) is 37.3 Å². The molecule has 0 aromatic heterocycles. The van der Waals surface area contributed by atoms with Crippen LogP contribution in [0.4, 0.5) is 4.79 Å². The fourth-order valence-electron chi connectivity index (χ4n) is 4.04. The van der Waals surface area contributed by atoms with Gasteiger partial charge in [-0.15, -0.1) is 0 Å². The molecule has 0 saturated heterocycles. The van der Waals surface area contributed by atoms with Gasteiger partial charge in [0.2, 0.25) is 5.91 Å². The highest BCUT2D eigenvalue weighted by molar-refractivity contribution is 5.84. The van der Waals surface area contributed by atoms with Crippen LogP contribution in [0.15, 0.2) is 48.5 Å². The Labute approximate surface area is 193 Å². The van der Waals surface area contributed by atoms with E-state index in [4.69, 9.17) is 9.47 Å². The van der Waals surface area contributed by atoms with Gasteiger partial charge in [0, 0.05) is 19.6 Å². The molecule has 176 valence electrons. The Morgan fingerprint density at radius 2 is 1.58 bits per heavy atom. The minimum atomic E-state index is -1.09. The molecule has 2 amide bonds. The molecule has 2 aromatic carbocycles. The predicted octanol–water partition coefficient (Wildman–Crippen LogP) is 3.16. The van der Waals surface area contributed by atoms with Crippen molar-refractivity contribution in [2.45, 2.75) is 38.3 Å². The first kappa shape index (κ1) is 24.3. The lowest BCUT2D eigenvalue weighted by Gasteiger charge is -2.20. The van der Waals surface area contributed by atoms with Crippen molar-refractivity contribution in [3.05, 3.63) is 59.7 Å². The molecule has 33 heavy (non-hydrogen) atoms. The number of carboxylic acid groups (broad SMARTS) is 1.